The maximum atomic E-state index is 12.5. The highest BCUT2D eigenvalue weighted by atomic mass is 16.5. The lowest BCUT2D eigenvalue weighted by atomic mass is 9.97. The molecule has 0 atom stereocenters. The highest BCUT2D eigenvalue weighted by Crippen LogP contribution is 2.19. The van der Waals surface area contributed by atoms with Crippen LogP contribution in [0.5, 0.6) is 5.75 Å². The third-order valence-corrected chi connectivity index (χ3v) is 5.32. The normalized spacial score (nSPS) is 14.1. The van der Waals surface area contributed by atoms with E-state index in [9.17, 15) is 19.2 Å². The minimum absolute atomic E-state index is 0.0415. The molecule has 1 aliphatic heterocycles. The summed E-state index contributed by atoms with van der Waals surface area (Å²) in [6.07, 6.45) is 1.26. The average molecular weight is 433 g/mol. The fraction of sp³-hybridized carbons (Fsp3) is 0.565. The molecular weight excluding hydrogens is 400 g/mol. The van der Waals surface area contributed by atoms with Crippen LogP contribution in [0.2, 0.25) is 0 Å². The summed E-state index contributed by atoms with van der Waals surface area (Å²) in [6, 6.07) is 6.83. The molecule has 1 saturated heterocycles. The van der Waals surface area contributed by atoms with Crippen molar-refractivity contribution in [3.8, 4) is 5.75 Å². The number of hydrogen-bond donors (Lipinski definition) is 0. The van der Waals surface area contributed by atoms with Crippen molar-refractivity contribution in [3.63, 3.8) is 0 Å². The van der Waals surface area contributed by atoms with Gasteiger partial charge in [0.25, 0.3) is 0 Å². The van der Waals surface area contributed by atoms with E-state index in [1.807, 2.05) is 6.92 Å². The molecule has 1 aliphatic rings. The van der Waals surface area contributed by atoms with Gasteiger partial charge in [-0.1, -0.05) is 0 Å². The first-order chi connectivity index (χ1) is 14.8. The molecule has 0 spiro atoms. The molecule has 1 aromatic rings. The van der Waals surface area contributed by atoms with Crippen molar-refractivity contribution in [2.24, 2.45) is 5.92 Å². The van der Waals surface area contributed by atoms with Gasteiger partial charge in [-0.15, -0.1) is 0 Å². The first-order valence-corrected chi connectivity index (χ1v) is 10.8. The van der Waals surface area contributed by atoms with Gasteiger partial charge in [-0.2, -0.15) is 0 Å². The summed E-state index contributed by atoms with van der Waals surface area (Å²) in [4.78, 5) is 52.0. The zero-order valence-corrected chi connectivity index (χ0v) is 18.6. The zero-order chi connectivity index (χ0) is 22.8. The summed E-state index contributed by atoms with van der Waals surface area (Å²) in [7, 11) is 1.56. The van der Waals surface area contributed by atoms with E-state index in [4.69, 9.17) is 9.47 Å². The minimum Gasteiger partial charge on any atom is -0.494 e. The number of likely N-dealkylation sites (N-methyl/N-ethyl adjacent to an activating group) is 1. The van der Waals surface area contributed by atoms with Crippen LogP contribution in [0.15, 0.2) is 24.3 Å². The van der Waals surface area contributed by atoms with Gasteiger partial charge in [-0.05, 0) is 51.0 Å². The van der Waals surface area contributed by atoms with Crippen molar-refractivity contribution in [3.05, 3.63) is 29.8 Å². The molecule has 1 aromatic carbocycles. The topological polar surface area (TPSA) is 93.2 Å². The van der Waals surface area contributed by atoms with Gasteiger partial charge in [-0.3, -0.25) is 19.2 Å². The van der Waals surface area contributed by atoms with Crippen LogP contribution in [0.25, 0.3) is 0 Å². The van der Waals surface area contributed by atoms with E-state index >= 15 is 0 Å². The number of benzene rings is 1. The monoisotopic (exact) mass is 432 g/mol. The number of carbonyl (C=O) groups is 4. The number of hydrogen-bond acceptors (Lipinski definition) is 6. The lowest BCUT2D eigenvalue weighted by Gasteiger charge is -2.32. The van der Waals surface area contributed by atoms with Crippen LogP contribution in [0, 0.1) is 5.92 Å². The Labute approximate surface area is 183 Å². The van der Waals surface area contributed by atoms with E-state index in [1.54, 1.807) is 43.1 Å². The number of likely N-dealkylation sites (tertiary alicyclic amines) is 1. The molecule has 0 bridgehead atoms. The summed E-state index contributed by atoms with van der Waals surface area (Å²) in [5.41, 5.74) is 0.527. The van der Waals surface area contributed by atoms with Crippen LogP contribution in [-0.4, -0.2) is 73.3 Å². The zero-order valence-electron chi connectivity index (χ0n) is 18.6. The molecule has 2 rings (SSSR count). The van der Waals surface area contributed by atoms with E-state index in [2.05, 4.69) is 0 Å². The van der Waals surface area contributed by atoms with Gasteiger partial charge in [0.1, 0.15) is 5.75 Å². The predicted molar refractivity (Wildman–Crippen MR) is 115 cm³/mol. The minimum atomic E-state index is -0.256. The molecule has 0 N–H and O–H groups in total. The van der Waals surface area contributed by atoms with Gasteiger partial charge in [0.05, 0.1) is 25.7 Å². The molecule has 1 heterocycles. The Morgan fingerprint density at radius 2 is 1.65 bits per heavy atom. The Morgan fingerprint density at radius 3 is 2.23 bits per heavy atom. The van der Waals surface area contributed by atoms with Crippen molar-refractivity contribution in [2.75, 3.05) is 39.9 Å². The second-order valence-electron chi connectivity index (χ2n) is 7.54. The SMILES string of the molecule is CCOC(=O)C1CCN(C(=O)CN(C)C(=O)CCC(=O)c2ccc(OCC)cc2)CC1. The maximum Gasteiger partial charge on any atom is 0.309 e. The largest absolute Gasteiger partial charge is 0.494 e. The second kappa shape index (κ2) is 12.1. The number of rotatable bonds is 10. The van der Waals surface area contributed by atoms with Crippen molar-refractivity contribution in [1.29, 1.82) is 0 Å². The van der Waals surface area contributed by atoms with Crippen molar-refractivity contribution < 1.29 is 28.7 Å². The van der Waals surface area contributed by atoms with Gasteiger partial charge in [-0.25, -0.2) is 0 Å². The Kier molecular flexibility index (Phi) is 9.49. The van der Waals surface area contributed by atoms with E-state index in [0.29, 0.717) is 50.5 Å². The lowest BCUT2D eigenvalue weighted by molar-refractivity contribution is -0.151. The van der Waals surface area contributed by atoms with Crippen LogP contribution in [0.1, 0.15) is 49.9 Å². The summed E-state index contributed by atoms with van der Waals surface area (Å²) in [5, 5.41) is 0. The number of carbonyl (C=O) groups excluding carboxylic acids is 4. The summed E-state index contributed by atoms with van der Waals surface area (Å²) < 4.78 is 10.4. The van der Waals surface area contributed by atoms with E-state index in [-0.39, 0.29) is 48.9 Å². The smallest absolute Gasteiger partial charge is 0.309 e. The highest BCUT2D eigenvalue weighted by molar-refractivity contribution is 5.98. The van der Waals surface area contributed by atoms with Crippen molar-refractivity contribution >= 4 is 23.6 Å². The summed E-state index contributed by atoms with van der Waals surface area (Å²) >= 11 is 0. The van der Waals surface area contributed by atoms with Gasteiger partial charge in [0.2, 0.25) is 11.8 Å². The fourth-order valence-electron chi connectivity index (χ4n) is 3.48. The highest BCUT2D eigenvalue weighted by Gasteiger charge is 2.29. The number of ketones is 1. The molecule has 0 aliphatic carbocycles. The maximum absolute atomic E-state index is 12.5. The molecular formula is C23H32N2O6. The fourth-order valence-corrected chi connectivity index (χ4v) is 3.48. The number of esters is 1. The summed E-state index contributed by atoms with van der Waals surface area (Å²) in [5.74, 6) is -0.224. The van der Waals surface area contributed by atoms with Crippen molar-refractivity contribution in [1.82, 2.24) is 9.80 Å². The molecule has 31 heavy (non-hydrogen) atoms. The molecule has 170 valence electrons. The Balaban J connectivity index is 1.74. The summed E-state index contributed by atoms with van der Waals surface area (Å²) in [6.45, 7) is 5.47. The molecule has 0 unspecified atom stereocenters. The Hall–Kier alpha value is -2.90. The number of ether oxygens (including phenoxy) is 2. The van der Waals surface area contributed by atoms with Crippen LogP contribution in [0.3, 0.4) is 0 Å². The Morgan fingerprint density at radius 1 is 1.00 bits per heavy atom. The van der Waals surface area contributed by atoms with Crippen molar-refractivity contribution in [2.45, 2.75) is 39.5 Å². The van der Waals surface area contributed by atoms with Gasteiger partial charge < -0.3 is 19.3 Å². The predicted octanol–water partition coefficient (Wildman–Crippen LogP) is 2.31. The van der Waals surface area contributed by atoms with Gasteiger partial charge in [0, 0.05) is 38.5 Å². The molecule has 0 aromatic heterocycles. The second-order valence-corrected chi connectivity index (χ2v) is 7.54. The Bertz CT molecular complexity index is 769. The molecule has 1 fully saturated rings. The molecule has 0 saturated carbocycles. The first kappa shape index (κ1) is 24.4. The number of Topliss-reactive ketones (excluding diaryl/α,β-unsaturated/α-hetero) is 1. The first-order valence-electron chi connectivity index (χ1n) is 10.8. The average Bonchev–Trinajstić information content (AvgIpc) is 2.78. The van der Waals surface area contributed by atoms with Crippen LogP contribution in [0.4, 0.5) is 0 Å². The van der Waals surface area contributed by atoms with Crippen LogP contribution >= 0.6 is 0 Å². The van der Waals surface area contributed by atoms with Crippen LogP contribution in [-0.2, 0) is 19.1 Å². The lowest BCUT2D eigenvalue weighted by Crippen LogP contribution is -2.45. The molecule has 2 amide bonds. The van der Waals surface area contributed by atoms with Crippen LogP contribution < -0.4 is 4.74 Å². The number of piperidine rings is 1. The van der Waals surface area contributed by atoms with Gasteiger partial charge in [0.15, 0.2) is 5.78 Å². The number of amides is 2. The molecule has 8 nitrogen and oxygen atoms in total. The van der Waals surface area contributed by atoms with E-state index in [0.717, 1.165) is 0 Å². The van der Waals surface area contributed by atoms with E-state index in [1.165, 1.54) is 4.90 Å². The van der Waals surface area contributed by atoms with E-state index < -0.39 is 0 Å². The molecule has 8 heteroatoms. The molecule has 0 radical (unpaired) electrons. The van der Waals surface area contributed by atoms with Gasteiger partial charge >= 0.3 is 5.97 Å². The number of nitrogens with zero attached hydrogens (tertiary/aromatic N) is 2. The third kappa shape index (κ3) is 7.38. The third-order valence-electron chi connectivity index (χ3n) is 5.32. The standard InChI is InChI=1S/C23H32N2O6/c1-4-30-19-8-6-17(7-9-19)20(26)10-11-21(27)24(3)16-22(28)25-14-12-18(13-15-25)23(29)31-5-2/h6-9,18H,4-5,10-16H2,1-3H3. The quantitative estimate of drug-likeness (QED) is 0.416.